The van der Waals surface area contributed by atoms with Gasteiger partial charge in [0.15, 0.2) is 0 Å². The maximum absolute atomic E-state index is 13.3. The molecule has 3 aromatic carbocycles. The summed E-state index contributed by atoms with van der Waals surface area (Å²) in [4.78, 5) is 37.4. The summed E-state index contributed by atoms with van der Waals surface area (Å²) in [6.07, 6.45) is 0.133. The quantitative estimate of drug-likeness (QED) is 0.337. The maximum atomic E-state index is 13.3. The molecule has 0 fully saturated rings. The predicted octanol–water partition coefficient (Wildman–Crippen LogP) is 3.16. The molecule has 1 heterocycles. The van der Waals surface area contributed by atoms with Crippen LogP contribution in [0, 0.1) is 6.92 Å². The first-order valence-electron chi connectivity index (χ1n) is 11.4. The Kier molecular flexibility index (Phi) is 7.55. The summed E-state index contributed by atoms with van der Waals surface area (Å²) in [6, 6.07) is 26.6. The van der Waals surface area contributed by atoms with Gasteiger partial charge in [0, 0.05) is 6.42 Å². The Bertz CT molecular complexity index is 1370. The highest BCUT2D eigenvalue weighted by Gasteiger charge is 2.27. The van der Waals surface area contributed by atoms with Crippen molar-refractivity contribution in [2.45, 2.75) is 26.0 Å². The first-order chi connectivity index (χ1) is 17.4. The standard InChI is InChI=1S/C28H26N4O4/c1-19-15-25(28(35)30-24(26(33)27(29)34)17-20-9-4-2-5-10-20)32(31-19)22-12-8-11-21(16-22)18-36-23-13-6-3-7-14-23/h2-16,24H,17-18H2,1H3,(H2,29,34)(H,30,35)/t24-/m0/s1. The van der Waals surface area contributed by atoms with Gasteiger partial charge in [-0.25, -0.2) is 4.68 Å². The number of hydrogen-bond donors (Lipinski definition) is 2. The Morgan fingerprint density at radius 2 is 1.58 bits per heavy atom. The normalized spacial score (nSPS) is 11.5. The number of aryl methyl sites for hydroxylation is 1. The molecule has 0 aliphatic carbocycles. The second kappa shape index (κ2) is 11.1. The van der Waals surface area contributed by atoms with E-state index in [0.29, 0.717) is 18.0 Å². The lowest BCUT2D eigenvalue weighted by Gasteiger charge is -2.17. The van der Waals surface area contributed by atoms with Crippen LogP contribution >= 0.6 is 0 Å². The molecule has 182 valence electrons. The minimum atomic E-state index is -1.10. The first-order valence-corrected chi connectivity index (χ1v) is 11.4. The number of para-hydroxylation sites is 1. The third kappa shape index (κ3) is 6.04. The van der Waals surface area contributed by atoms with E-state index in [0.717, 1.165) is 16.9 Å². The number of nitrogens with two attached hydrogens (primary N) is 1. The highest BCUT2D eigenvalue weighted by molar-refractivity contribution is 6.38. The van der Waals surface area contributed by atoms with Crippen molar-refractivity contribution in [2.24, 2.45) is 5.73 Å². The largest absolute Gasteiger partial charge is 0.489 e. The molecular weight excluding hydrogens is 456 g/mol. The summed E-state index contributed by atoms with van der Waals surface area (Å²) < 4.78 is 7.34. The van der Waals surface area contributed by atoms with Gasteiger partial charge >= 0.3 is 0 Å². The topological polar surface area (TPSA) is 116 Å². The van der Waals surface area contributed by atoms with Crippen LogP contribution in [0.5, 0.6) is 5.75 Å². The average Bonchev–Trinajstić information content (AvgIpc) is 3.30. The molecule has 36 heavy (non-hydrogen) atoms. The number of nitrogens with one attached hydrogen (secondary N) is 1. The van der Waals surface area contributed by atoms with E-state index in [-0.39, 0.29) is 12.1 Å². The van der Waals surface area contributed by atoms with Crippen LogP contribution in [0.3, 0.4) is 0 Å². The van der Waals surface area contributed by atoms with Crippen LogP contribution in [-0.2, 0) is 22.6 Å². The van der Waals surface area contributed by atoms with E-state index in [2.05, 4.69) is 10.4 Å². The number of carbonyl (C=O) groups excluding carboxylic acids is 3. The Balaban J connectivity index is 1.56. The highest BCUT2D eigenvalue weighted by Crippen LogP contribution is 2.17. The fourth-order valence-corrected chi connectivity index (χ4v) is 3.78. The molecule has 4 aromatic rings. The number of hydrogen-bond acceptors (Lipinski definition) is 5. The van der Waals surface area contributed by atoms with E-state index in [1.165, 1.54) is 4.68 Å². The number of ether oxygens (including phenoxy) is 1. The van der Waals surface area contributed by atoms with Crippen LogP contribution in [0.4, 0.5) is 0 Å². The molecule has 0 saturated carbocycles. The van der Waals surface area contributed by atoms with Gasteiger partial charge in [-0.2, -0.15) is 5.10 Å². The molecule has 0 spiro atoms. The Morgan fingerprint density at radius 1 is 0.917 bits per heavy atom. The second-order valence-corrected chi connectivity index (χ2v) is 8.30. The SMILES string of the molecule is Cc1cc(C(=O)N[C@@H](Cc2ccccc2)C(=O)C(N)=O)n(-c2cccc(COc3ccccc3)c2)n1. The van der Waals surface area contributed by atoms with Gasteiger partial charge in [0.05, 0.1) is 11.4 Å². The average molecular weight is 483 g/mol. The van der Waals surface area contributed by atoms with E-state index < -0.39 is 23.6 Å². The number of ketones is 1. The van der Waals surface area contributed by atoms with Crippen molar-refractivity contribution in [1.82, 2.24) is 15.1 Å². The number of nitrogens with zero attached hydrogens (tertiary/aromatic N) is 2. The van der Waals surface area contributed by atoms with E-state index in [4.69, 9.17) is 10.5 Å². The maximum Gasteiger partial charge on any atom is 0.287 e. The lowest BCUT2D eigenvalue weighted by Crippen LogP contribution is -2.47. The van der Waals surface area contributed by atoms with Gasteiger partial charge in [-0.3, -0.25) is 14.4 Å². The number of rotatable bonds is 10. The van der Waals surface area contributed by atoms with Gasteiger partial charge in [0.25, 0.3) is 11.8 Å². The van der Waals surface area contributed by atoms with Crippen molar-refractivity contribution in [2.75, 3.05) is 0 Å². The van der Waals surface area contributed by atoms with Crippen LogP contribution in [0.15, 0.2) is 91.0 Å². The first kappa shape index (κ1) is 24.4. The van der Waals surface area contributed by atoms with E-state index in [1.807, 2.05) is 84.9 Å². The van der Waals surface area contributed by atoms with Crippen LogP contribution in [-0.4, -0.2) is 33.4 Å². The van der Waals surface area contributed by atoms with Gasteiger partial charge in [0.1, 0.15) is 24.1 Å². The van der Waals surface area contributed by atoms with Crippen molar-refractivity contribution in [1.29, 1.82) is 0 Å². The molecule has 2 amide bonds. The van der Waals surface area contributed by atoms with Crippen molar-refractivity contribution in [3.63, 3.8) is 0 Å². The third-order valence-corrected chi connectivity index (χ3v) is 5.52. The summed E-state index contributed by atoms with van der Waals surface area (Å²) in [5, 5.41) is 7.14. The molecule has 0 radical (unpaired) electrons. The molecule has 4 rings (SSSR count). The molecule has 3 N–H and O–H groups in total. The zero-order valence-electron chi connectivity index (χ0n) is 19.8. The summed E-state index contributed by atoms with van der Waals surface area (Å²) in [6.45, 7) is 2.11. The number of primary amides is 1. The van der Waals surface area contributed by atoms with Crippen LogP contribution in [0.2, 0.25) is 0 Å². The molecule has 8 heteroatoms. The molecular formula is C28H26N4O4. The van der Waals surface area contributed by atoms with E-state index >= 15 is 0 Å². The van der Waals surface area contributed by atoms with Gasteiger partial charge in [0.2, 0.25) is 5.78 Å². The molecule has 0 bridgehead atoms. The van der Waals surface area contributed by atoms with Crippen molar-refractivity contribution < 1.29 is 19.1 Å². The summed E-state index contributed by atoms with van der Waals surface area (Å²) >= 11 is 0. The molecule has 0 saturated heterocycles. The van der Waals surface area contributed by atoms with Gasteiger partial charge < -0.3 is 15.8 Å². The molecule has 0 unspecified atom stereocenters. The number of Topliss-reactive ketones (excluding diaryl/α,β-unsaturated/α-hetero) is 1. The minimum absolute atomic E-state index is 0.133. The van der Waals surface area contributed by atoms with Gasteiger partial charge in [-0.1, -0.05) is 60.7 Å². The fourth-order valence-electron chi connectivity index (χ4n) is 3.78. The Hall–Kier alpha value is -4.72. The molecule has 8 nitrogen and oxygen atoms in total. The number of carbonyl (C=O) groups is 3. The Morgan fingerprint density at radius 3 is 2.28 bits per heavy atom. The monoisotopic (exact) mass is 482 g/mol. The minimum Gasteiger partial charge on any atom is -0.489 e. The molecule has 0 aliphatic rings. The molecule has 0 aliphatic heterocycles. The molecule has 1 aromatic heterocycles. The lowest BCUT2D eigenvalue weighted by atomic mass is 10.0. The van der Waals surface area contributed by atoms with Crippen molar-refractivity contribution in [3.8, 4) is 11.4 Å². The van der Waals surface area contributed by atoms with Crippen molar-refractivity contribution >= 4 is 17.6 Å². The number of benzene rings is 3. The summed E-state index contributed by atoms with van der Waals surface area (Å²) in [7, 11) is 0. The smallest absolute Gasteiger partial charge is 0.287 e. The van der Waals surface area contributed by atoms with E-state index in [9.17, 15) is 14.4 Å². The van der Waals surface area contributed by atoms with E-state index in [1.54, 1.807) is 13.0 Å². The van der Waals surface area contributed by atoms with Gasteiger partial charge in [-0.15, -0.1) is 0 Å². The second-order valence-electron chi connectivity index (χ2n) is 8.30. The zero-order chi connectivity index (χ0) is 25.5. The zero-order valence-corrected chi connectivity index (χ0v) is 19.8. The highest BCUT2D eigenvalue weighted by atomic mass is 16.5. The summed E-state index contributed by atoms with van der Waals surface area (Å²) in [5.74, 6) is -1.76. The number of aromatic nitrogens is 2. The predicted molar refractivity (Wildman–Crippen MR) is 135 cm³/mol. The van der Waals surface area contributed by atoms with Crippen LogP contribution in [0.1, 0.15) is 27.3 Å². The van der Waals surface area contributed by atoms with Crippen LogP contribution in [0.25, 0.3) is 5.69 Å². The Labute approximate surface area is 208 Å². The fraction of sp³-hybridized carbons (Fsp3) is 0.143. The van der Waals surface area contributed by atoms with Gasteiger partial charge in [-0.05, 0) is 48.4 Å². The summed E-state index contributed by atoms with van der Waals surface area (Å²) in [5.41, 5.74) is 8.42. The number of amides is 2. The third-order valence-electron chi connectivity index (χ3n) is 5.52. The lowest BCUT2D eigenvalue weighted by molar-refractivity contribution is -0.137. The van der Waals surface area contributed by atoms with Crippen LogP contribution < -0.4 is 15.8 Å². The van der Waals surface area contributed by atoms with Crippen molar-refractivity contribution in [3.05, 3.63) is 114 Å². The molecule has 1 atom stereocenters.